The number of anilines is 2. The number of aromatic nitrogens is 2. The van der Waals surface area contributed by atoms with Crippen LogP contribution in [-0.2, 0) is 6.54 Å². The van der Waals surface area contributed by atoms with Crippen molar-refractivity contribution >= 4 is 23.0 Å². The zero-order chi connectivity index (χ0) is 11.5. The van der Waals surface area contributed by atoms with Crippen molar-refractivity contribution in [2.45, 2.75) is 13.5 Å². The maximum absolute atomic E-state index is 6.04. The number of nitrogen functional groups attached to an aromatic ring is 1. The molecule has 4 nitrogen and oxygen atoms in total. The molecule has 4 N–H and O–H groups in total. The zero-order valence-electron chi connectivity index (χ0n) is 8.92. The van der Waals surface area contributed by atoms with Crippen molar-refractivity contribution < 1.29 is 0 Å². The molecule has 0 radical (unpaired) electrons. The second-order valence-corrected chi connectivity index (χ2v) is 4.02. The number of halogens is 1. The smallest absolute Gasteiger partial charge is 0.0658 e. The maximum Gasteiger partial charge on any atom is 0.0658 e. The number of nitrogens with one attached hydrogen (secondary N) is 2. The van der Waals surface area contributed by atoms with E-state index in [-0.39, 0.29) is 0 Å². The van der Waals surface area contributed by atoms with E-state index in [1.807, 2.05) is 19.1 Å². The van der Waals surface area contributed by atoms with Gasteiger partial charge in [-0.15, -0.1) is 0 Å². The fourth-order valence-corrected chi connectivity index (χ4v) is 1.67. The zero-order valence-corrected chi connectivity index (χ0v) is 9.67. The van der Waals surface area contributed by atoms with Gasteiger partial charge in [0.1, 0.15) is 0 Å². The summed E-state index contributed by atoms with van der Waals surface area (Å²) in [7, 11) is 0. The lowest BCUT2D eigenvalue weighted by Crippen LogP contribution is -2.00. The highest BCUT2D eigenvalue weighted by molar-refractivity contribution is 6.33. The van der Waals surface area contributed by atoms with E-state index < -0.39 is 0 Å². The van der Waals surface area contributed by atoms with Gasteiger partial charge in [0.2, 0.25) is 0 Å². The molecule has 5 heteroatoms. The Labute approximate surface area is 98.8 Å². The van der Waals surface area contributed by atoms with E-state index in [9.17, 15) is 0 Å². The van der Waals surface area contributed by atoms with Crippen molar-refractivity contribution in [2.75, 3.05) is 11.1 Å². The molecule has 0 fully saturated rings. The first-order valence-electron chi connectivity index (χ1n) is 4.94. The first-order valence-corrected chi connectivity index (χ1v) is 5.32. The van der Waals surface area contributed by atoms with Crippen molar-refractivity contribution in [2.24, 2.45) is 0 Å². The minimum absolute atomic E-state index is 0.626. The minimum Gasteiger partial charge on any atom is -0.399 e. The minimum atomic E-state index is 0.626. The number of benzene rings is 1. The lowest BCUT2D eigenvalue weighted by atomic mass is 10.2. The predicted molar refractivity (Wildman–Crippen MR) is 66.5 cm³/mol. The Hall–Kier alpha value is -1.68. The molecule has 0 atom stereocenters. The molecule has 1 aromatic carbocycles. The topological polar surface area (TPSA) is 66.7 Å². The Balaban J connectivity index is 2.08. The molecule has 0 saturated heterocycles. The van der Waals surface area contributed by atoms with Gasteiger partial charge in [-0.25, -0.2) is 0 Å². The molecule has 1 heterocycles. The van der Waals surface area contributed by atoms with E-state index in [0.29, 0.717) is 17.3 Å². The van der Waals surface area contributed by atoms with Crippen LogP contribution < -0.4 is 11.1 Å². The molecule has 0 unspecified atom stereocenters. The third-order valence-electron chi connectivity index (χ3n) is 2.40. The summed E-state index contributed by atoms with van der Waals surface area (Å²) in [6.07, 6.45) is 1.80. The molecule has 1 aromatic heterocycles. The summed E-state index contributed by atoms with van der Waals surface area (Å²) >= 11 is 6.04. The van der Waals surface area contributed by atoms with E-state index in [4.69, 9.17) is 17.3 Å². The Morgan fingerprint density at radius 2 is 2.31 bits per heavy atom. The second-order valence-electron chi connectivity index (χ2n) is 3.61. The average Bonchev–Trinajstić information content (AvgIpc) is 2.63. The molecule has 0 aliphatic carbocycles. The normalized spacial score (nSPS) is 10.4. The van der Waals surface area contributed by atoms with Crippen LogP contribution in [0.3, 0.4) is 0 Å². The molecule has 0 spiro atoms. The molecule has 0 aliphatic rings. The van der Waals surface area contributed by atoms with Gasteiger partial charge in [-0.05, 0) is 25.1 Å². The molecule has 0 aliphatic heterocycles. The molecule has 0 amide bonds. The summed E-state index contributed by atoms with van der Waals surface area (Å²) in [5, 5.41) is 10.7. The number of hydrogen-bond donors (Lipinski definition) is 3. The van der Waals surface area contributed by atoms with Gasteiger partial charge in [0.15, 0.2) is 0 Å². The number of rotatable bonds is 3. The Kier molecular flexibility index (Phi) is 3.01. The third-order valence-corrected chi connectivity index (χ3v) is 2.71. The Morgan fingerprint density at radius 3 is 2.94 bits per heavy atom. The van der Waals surface area contributed by atoms with Gasteiger partial charge >= 0.3 is 0 Å². The lowest BCUT2D eigenvalue weighted by Gasteiger charge is -2.08. The third kappa shape index (κ3) is 2.28. The largest absolute Gasteiger partial charge is 0.399 e. The van der Waals surface area contributed by atoms with Gasteiger partial charge in [0.25, 0.3) is 0 Å². The van der Waals surface area contributed by atoms with Crippen LogP contribution in [0, 0.1) is 6.92 Å². The quantitative estimate of drug-likeness (QED) is 0.718. The number of hydrogen-bond acceptors (Lipinski definition) is 3. The number of aromatic amines is 1. The fraction of sp³-hybridized carbons (Fsp3) is 0.182. The van der Waals surface area contributed by atoms with Crippen molar-refractivity contribution in [1.29, 1.82) is 0 Å². The number of nitrogens with zero attached hydrogens (tertiary/aromatic N) is 1. The van der Waals surface area contributed by atoms with Gasteiger partial charge in [-0.1, -0.05) is 11.6 Å². The molecular formula is C11H13ClN4. The second kappa shape index (κ2) is 4.45. The summed E-state index contributed by atoms with van der Waals surface area (Å²) in [6, 6.07) is 5.41. The SMILES string of the molecule is Cc1[nH]ncc1CNc1ccc(N)cc1Cl. The molecule has 84 valence electrons. The van der Waals surface area contributed by atoms with Gasteiger partial charge in [0.05, 0.1) is 16.9 Å². The summed E-state index contributed by atoms with van der Waals surface area (Å²) in [5.41, 5.74) is 9.32. The van der Waals surface area contributed by atoms with Crippen LogP contribution in [-0.4, -0.2) is 10.2 Å². The molecular weight excluding hydrogens is 224 g/mol. The van der Waals surface area contributed by atoms with Gasteiger partial charge < -0.3 is 11.1 Å². The number of nitrogens with two attached hydrogens (primary N) is 1. The van der Waals surface area contributed by atoms with Crippen LogP contribution in [0.4, 0.5) is 11.4 Å². The number of aryl methyl sites for hydroxylation is 1. The Bertz CT molecular complexity index is 492. The van der Waals surface area contributed by atoms with Gasteiger partial charge in [-0.2, -0.15) is 5.10 Å². The molecule has 0 bridgehead atoms. The van der Waals surface area contributed by atoms with E-state index in [1.165, 1.54) is 0 Å². The molecule has 2 rings (SSSR count). The molecule has 16 heavy (non-hydrogen) atoms. The summed E-state index contributed by atoms with van der Waals surface area (Å²) < 4.78 is 0. The van der Waals surface area contributed by atoms with E-state index in [1.54, 1.807) is 12.3 Å². The van der Waals surface area contributed by atoms with Crippen LogP contribution in [0.25, 0.3) is 0 Å². The highest BCUT2D eigenvalue weighted by Crippen LogP contribution is 2.24. The van der Waals surface area contributed by atoms with E-state index in [2.05, 4.69) is 15.5 Å². The van der Waals surface area contributed by atoms with E-state index in [0.717, 1.165) is 16.9 Å². The van der Waals surface area contributed by atoms with Crippen molar-refractivity contribution in [3.8, 4) is 0 Å². The van der Waals surface area contributed by atoms with Crippen LogP contribution >= 0.6 is 11.6 Å². The van der Waals surface area contributed by atoms with Crippen molar-refractivity contribution in [1.82, 2.24) is 10.2 Å². The first kappa shape index (κ1) is 10.8. The first-order chi connectivity index (χ1) is 7.66. The van der Waals surface area contributed by atoms with Crippen molar-refractivity contribution in [3.05, 3.63) is 40.7 Å². The summed E-state index contributed by atoms with van der Waals surface area (Å²) in [4.78, 5) is 0. The van der Waals surface area contributed by atoms with E-state index >= 15 is 0 Å². The average molecular weight is 237 g/mol. The number of H-pyrrole nitrogens is 1. The van der Waals surface area contributed by atoms with Crippen molar-refractivity contribution in [3.63, 3.8) is 0 Å². The Morgan fingerprint density at radius 1 is 1.50 bits per heavy atom. The lowest BCUT2D eigenvalue weighted by molar-refractivity contribution is 1.04. The molecule has 2 aromatic rings. The highest BCUT2D eigenvalue weighted by Gasteiger charge is 2.03. The maximum atomic E-state index is 6.04. The van der Waals surface area contributed by atoms with Crippen LogP contribution in [0.5, 0.6) is 0 Å². The van der Waals surface area contributed by atoms with Gasteiger partial charge in [-0.3, -0.25) is 5.10 Å². The van der Waals surface area contributed by atoms with Crippen LogP contribution in [0.1, 0.15) is 11.3 Å². The molecule has 0 saturated carbocycles. The standard InChI is InChI=1S/C11H13ClN4/c1-7-8(6-15-16-7)5-14-11-3-2-9(13)4-10(11)12/h2-4,6,14H,5,13H2,1H3,(H,15,16). The monoisotopic (exact) mass is 236 g/mol. The predicted octanol–water partition coefficient (Wildman–Crippen LogP) is 2.57. The van der Waals surface area contributed by atoms with Gasteiger partial charge in [0, 0.05) is 23.5 Å². The summed E-state index contributed by atoms with van der Waals surface area (Å²) in [5.74, 6) is 0. The summed E-state index contributed by atoms with van der Waals surface area (Å²) in [6.45, 7) is 2.67. The fourth-order valence-electron chi connectivity index (χ4n) is 1.42. The van der Waals surface area contributed by atoms with Crippen LogP contribution in [0.2, 0.25) is 5.02 Å². The van der Waals surface area contributed by atoms with Crippen LogP contribution in [0.15, 0.2) is 24.4 Å². The highest BCUT2D eigenvalue weighted by atomic mass is 35.5.